The fourth-order valence-electron chi connectivity index (χ4n) is 3.54. The molecule has 0 saturated heterocycles. The van der Waals surface area contributed by atoms with Gasteiger partial charge >= 0.3 is 0 Å². The number of hydrogen-bond acceptors (Lipinski definition) is 3. The summed E-state index contributed by atoms with van der Waals surface area (Å²) >= 11 is 0. The topological polar surface area (TPSA) is 52.0 Å². The zero-order valence-corrected chi connectivity index (χ0v) is 14.2. The number of benzene rings is 1. The number of carbonyl (C=O) groups is 1. The molecule has 0 fully saturated rings. The molecule has 1 aliphatic rings. The Morgan fingerprint density at radius 1 is 1.36 bits per heavy atom. The van der Waals surface area contributed by atoms with Crippen molar-refractivity contribution in [1.29, 1.82) is 0 Å². The molecule has 5 nitrogen and oxygen atoms in total. The minimum Gasteiger partial charge on any atom is -0.493 e. The van der Waals surface area contributed by atoms with Gasteiger partial charge in [0.25, 0.3) is 0 Å². The average Bonchev–Trinajstić information content (AvgIpc) is 2.51. The number of methoxy groups -OCH3 is 2. The number of nitrogens with one attached hydrogen (secondary N) is 2. The van der Waals surface area contributed by atoms with Gasteiger partial charge in [0.2, 0.25) is 5.91 Å². The van der Waals surface area contributed by atoms with Crippen LogP contribution in [-0.2, 0) is 11.2 Å². The summed E-state index contributed by atoms with van der Waals surface area (Å²) in [6.45, 7) is 7.93. The Morgan fingerprint density at radius 2 is 2.00 bits per heavy atom. The lowest BCUT2D eigenvalue weighted by molar-refractivity contribution is -0.933. The molecule has 1 aliphatic heterocycles. The van der Waals surface area contributed by atoms with Gasteiger partial charge in [-0.2, -0.15) is 0 Å². The van der Waals surface area contributed by atoms with Crippen LogP contribution in [0.3, 0.4) is 0 Å². The standard InChI is InChI=1S/C17H26N2O3/c1-6-19-8-7-13-9-15(21-4)16(22-5)10-14(13)17(19)11(2)18-12(3)20/h9-11,17H,6-8H2,1-5H3,(H,18,20)/p+1/t11-,17-/m1/s1. The zero-order chi connectivity index (χ0) is 16.3. The summed E-state index contributed by atoms with van der Waals surface area (Å²) in [5.74, 6) is 1.53. The molecule has 0 radical (unpaired) electrons. The van der Waals surface area contributed by atoms with Crippen LogP contribution < -0.4 is 19.7 Å². The molecule has 0 aliphatic carbocycles. The van der Waals surface area contributed by atoms with E-state index in [-0.39, 0.29) is 18.0 Å². The summed E-state index contributed by atoms with van der Waals surface area (Å²) in [5, 5.41) is 3.05. The molecule has 1 heterocycles. The van der Waals surface area contributed by atoms with E-state index in [1.165, 1.54) is 16.0 Å². The summed E-state index contributed by atoms with van der Waals surface area (Å²) in [4.78, 5) is 12.9. The molecule has 0 bridgehead atoms. The first-order valence-electron chi connectivity index (χ1n) is 7.88. The van der Waals surface area contributed by atoms with Crippen molar-refractivity contribution >= 4 is 5.91 Å². The SMILES string of the molecule is CC[NH+]1CCc2cc(OC)c(OC)cc2[C@H]1[C@@H](C)NC(C)=O. The van der Waals surface area contributed by atoms with Crippen LogP contribution >= 0.6 is 0 Å². The number of likely N-dealkylation sites (N-methyl/N-ethyl adjacent to an activating group) is 1. The highest BCUT2D eigenvalue weighted by atomic mass is 16.5. The number of ether oxygens (including phenoxy) is 2. The summed E-state index contributed by atoms with van der Waals surface area (Å²) < 4.78 is 10.9. The Morgan fingerprint density at radius 3 is 2.55 bits per heavy atom. The van der Waals surface area contributed by atoms with Gasteiger partial charge in [-0.3, -0.25) is 4.79 Å². The minimum absolute atomic E-state index is 0.00977. The van der Waals surface area contributed by atoms with E-state index in [0.717, 1.165) is 31.0 Å². The summed E-state index contributed by atoms with van der Waals surface area (Å²) in [6, 6.07) is 4.46. The van der Waals surface area contributed by atoms with Crippen molar-refractivity contribution in [2.75, 3.05) is 27.3 Å². The predicted molar refractivity (Wildman–Crippen MR) is 85.6 cm³/mol. The lowest BCUT2D eigenvalue weighted by atomic mass is 9.88. The van der Waals surface area contributed by atoms with Gasteiger partial charge < -0.3 is 19.7 Å². The number of amides is 1. The van der Waals surface area contributed by atoms with E-state index in [9.17, 15) is 4.79 Å². The molecule has 5 heteroatoms. The average molecular weight is 307 g/mol. The van der Waals surface area contributed by atoms with Gasteiger partial charge in [-0.1, -0.05) is 0 Å². The summed E-state index contributed by atoms with van der Waals surface area (Å²) in [7, 11) is 3.32. The lowest BCUT2D eigenvalue weighted by Gasteiger charge is -2.37. The molecule has 1 aromatic carbocycles. The van der Waals surface area contributed by atoms with Crippen molar-refractivity contribution in [3.8, 4) is 11.5 Å². The van der Waals surface area contributed by atoms with E-state index in [0.29, 0.717) is 0 Å². The third-order valence-electron chi connectivity index (χ3n) is 4.52. The quantitative estimate of drug-likeness (QED) is 0.843. The van der Waals surface area contributed by atoms with Crippen LogP contribution in [0.15, 0.2) is 12.1 Å². The van der Waals surface area contributed by atoms with Gasteiger partial charge in [0, 0.05) is 18.9 Å². The molecule has 0 aromatic heterocycles. The van der Waals surface area contributed by atoms with Crippen molar-refractivity contribution in [1.82, 2.24) is 5.32 Å². The number of hydrogen-bond donors (Lipinski definition) is 2. The van der Waals surface area contributed by atoms with E-state index in [4.69, 9.17) is 9.47 Å². The number of quaternary nitrogens is 1. The number of carbonyl (C=O) groups excluding carboxylic acids is 1. The Labute approximate surface area is 132 Å². The largest absolute Gasteiger partial charge is 0.493 e. The molecule has 2 rings (SSSR count). The van der Waals surface area contributed by atoms with E-state index in [1.807, 2.05) is 0 Å². The maximum atomic E-state index is 11.5. The van der Waals surface area contributed by atoms with Crippen LogP contribution in [-0.4, -0.2) is 39.3 Å². The molecule has 122 valence electrons. The fraction of sp³-hybridized carbons (Fsp3) is 0.588. The highest BCUT2D eigenvalue weighted by molar-refractivity contribution is 5.73. The molecular weight excluding hydrogens is 280 g/mol. The first-order chi connectivity index (χ1) is 10.5. The highest BCUT2D eigenvalue weighted by Crippen LogP contribution is 2.34. The fourth-order valence-corrected chi connectivity index (χ4v) is 3.54. The lowest BCUT2D eigenvalue weighted by Crippen LogP contribution is -3.14. The van der Waals surface area contributed by atoms with Gasteiger partial charge in [0.15, 0.2) is 11.5 Å². The van der Waals surface area contributed by atoms with Gasteiger partial charge in [-0.15, -0.1) is 0 Å². The Balaban J connectivity index is 2.46. The minimum atomic E-state index is 0.00977. The Kier molecular flexibility index (Phi) is 5.29. The van der Waals surface area contributed by atoms with E-state index >= 15 is 0 Å². The predicted octanol–water partition coefficient (Wildman–Crippen LogP) is 0.730. The van der Waals surface area contributed by atoms with Crippen LogP contribution in [0.5, 0.6) is 11.5 Å². The van der Waals surface area contributed by atoms with E-state index in [1.54, 1.807) is 21.1 Å². The second-order valence-corrected chi connectivity index (χ2v) is 5.88. The second-order valence-electron chi connectivity index (χ2n) is 5.88. The van der Waals surface area contributed by atoms with Crippen molar-refractivity contribution in [3.63, 3.8) is 0 Å². The van der Waals surface area contributed by atoms with E-state index in [2.05, 4.69) is 31.3 Å². The normalized spacial score (nSPS) is 21.7. The van der Waals surface area contributed by atoms with E-state index < -0.39 is 0 Å². The number of rotatable bonds is 5. The first kappa shape index (κ1) is 16.6. The Bertz CT molecular complexity index is 545. The highest BCUT2D eigenvalue weighted by Gasteiger charge is 2.35. The smallest absolute Gasteiger partial charge is 0.217 e. The molecule has 1 amide bonds. The van der Waals surface area contributed by atoms with Gasteiger partial charge in [0.1, 0.15) is 6.04 Å². The van der Waals surface area contributed by atoms with Crippen LogP contribution in [0.4, 0.5) is 0 Å². The summed E-state index contributed by atoms with van der Waals surface area (Å²) in [6.07, 6.45) is 1.02. The van der Waals surface area contributed by atoms with Gasteiger partial charge in [-0.25, -0.2) is 0 Å². The van der Waals surface area contributed by atoms with Crippen LogP contribution in [0.1, 0.15) is 37.9 Å². The van der Waals surface area contributed by atoms with Crippen molar-refractivity contribution < 1.29 is 19.2 Å². The summed E-state index contributed by atoms with van der Waals surface area (Å²) in [5.41, 5.74) is 2.54. The third kappa shape index (κ3) is 3.19. The van der Waals surface area contributed by atoms with Crippen LogP contribution in [0.2, 0.25) is 0 Å². The molecule has 1 unspecified atom stereocenters. The van der Waals surface area contributed by atoms with Gasteiger partial charge in [0.05, 0.1) is 33.4 Å². The van der Waals surface area contributed by atoms with Crippen molar-refractivity contribution in [3.05, 3.63) is 23.3 Å². The second kappa shape index (κ2) is 7.01. The molecular formula is C17H27N2O3+. The first-order valence-corrected chi connectivity index (χ1v) is 7.88. The maximum Gasteiger partial charge on any atom is 0.217 e. The number of fused-ring (bicyclic) bond motifs is 1. The van der Waals surface area contributed by atoms with Crippen molar-refractivity contribution in [2.45, 2.75) is 39.3 Å². The molecule has 1 aromatic rings. The monoisotopic (exact) mass is 307 g/mol. The molecule has 2 N–H and O–H groups in total. The maximum absolute atomic E-state index is 11.5. The van der Waals surface area contributed by atoms with Crippen LogP contribution in [0, 0.1) is 0 Å². The zero-order valence-electron chi connectivity index (χ0n) is 14.2. The molecule has 0 spiro atoms. The third-order valence-corrected chi connectivity index (χ3v) is 4.52. The van der Waals surface area contributed by atoms with Crippen LogP contribution in [0.25, 0.3) is 0 Å². The molecule has 22 heavy (non-hydrogen) atoms. The van der Waals surface area contributed by atoms with Crippen molar-refractivity contribution in [2.24, 2.45) is 0 Å². The Hall–Kier alpha value is -1.75. The van der Waals surface area contributed by atoms with Gasteiger partial charge in [-0.05, 0) is 31.5 Å². The molecule has 3 atom stereocenters. The molecule has 0 saturated carbocycles.